The Hall–Kier alpha value is -0.430. The van der Waals surface area contributed by atoms with Crippen molar-refractivity contribution < 1.29 is 8.42 Å². The quantitative estimate of drug-likeness (QED) is 0.885. The Kier molecular flexibility index (Phi) is 3.58. The smallest absolute Gasteiger partial charge is 0.241 e. The van der Waals surface area contributed by atoms with Gasteiger partial charge in [-0.05, 0) is 46.0 Å². The van der Waals surface area contributed by atoms with Crippen LogP contribution in [0, 0.1) is 5.92 Å². The molecule has 0 amide bonds. The number of benzene rings is 1. The lowest BCUT2D eigenvalue weighted by molar-refractivity contribution is 0.578. The molecular formula is C11H15BrN2O2S. The second-order valence-electron chi connectivity index (χ2n) is 4.41. The average Bonchev–Trinajstić information content (AvgIpc) is 2.92. The number of halogens is 1. The fourth-order valence-corrected chi connectivity index (χ4v) is 4.12. The molecule has 94 valence electrons. The highest BCUT2D eigenvalue weighted by atomic mass is 79.9. The second-order valence-corrected chi connectivity index (χ2v) is 6.95. The van der Waals surface area contributed by atoms with E-state index in [4.69, 9.17) is 5.73 Å². The molecule has 17 heavy (non-hydrogen) atoms. The van der Waals surface area contributed by atoms with Crippen LogP contribution in [0.1, 0.15) is 18.9 Å². The molecule has 2 atom stereocenters. The molecule has 0 bridgehead atoms. The Morgan fingerprint density at radius 1 is 1.53 bits per heavy atom. The Bertz CT molecular complexity index is 530. The summed E-state index contributed by atoms with van der Waals surface area (Å²) in [6, 6.07) is 5.14. The number of hydrogen-bond acceptors (Lipinski definition) is 3. The summed E-state index contributed by atoms with van der Waals surface area (Å²) >= 11 is 3.27. The second kappa shape index (κ2) is 4.68. The fourth-order valence-electron chi connectivity index (χ4n) is 1.64. The van der Waals surface area contributed by atoms with E-state index in [1.165, 1.54) is 0 Å². The topological polar surface area (TPSA) is 72.2 Å². The Morgan fingerprint density at radius 2 is 2.18 bits per heavy atom. The summed E-state index contributed by atoms with van der Waals surface area (Å²) in [6.07, 6.45) is 0.914. The van der Waals surface area contributed by atoms with Crippen LogP contribution in [0.2, 0.25) is 0 Å². The number of nitrogens with two attached hydrogens (primary N) is 1. The van der Waals surface area contributed by atoms with Gasteiger partial charge >= 0.3 is 0 Å². The van der Waals surface area contributed by atoms with E-state index in [2.05, 4.69) is 20.7 Å². The predicted molar refractivity (Wildman–Crippen MR) is 69.9 cm³/mol. The van der Waals surface area contributed by atoms with Crippen LogP contribution >= 0.6 is 15.9 Å². The summed E-state index contributed by atoms with van der Waals surface area (Å²) in [4.78, 5) is 0.272. The first-order chi connectivity index (χ1) is 7.94. The van der Waals surface area contributed by atoms with Gasteiger partial charge in [0.2, 0.25) is 10.0 Å². The van der Waals surface area contributed by atoms with Crippen LogP contribution in [0.4, 0.5) is 0 Å². The molecule has 0 heterocycles. The molecular weight excluding hydrogens is 304 g/mol. The first-order valence-corrected chi connectivity index (χ1v) is 7.72. The number of sulfonamides is 1. The summed E-state index contributed by atoms with van der Waals surface area (Å²) < 4.78 is 27.4. The van der Waals surface area contributed by atoms with Crippen LogP contribution in [0.5, 0.6) is 0 Å². The predicted octanol–water partition coefficient (Wildman–Crippen LogP) is 1.59. The highest BCUT2D eigenvalue weighted by molar-refractivity contribution is 9.10. The van der Waals surface area contributed by atoms with Gasteiger partial charge in [-0.1, -0.05) is 13.0 Å². The van der Waals surface area contributed by atoms with Crippen molar-refractivity contribution in [3.63, 3.8) is 0 Å². The van der Waals surface area contributed by atoms with Gasteiger partial charge in [0.25, 0.3) is 0 Å². The fraction of sp³-hybridized carbons (Fsp3) is 0.455. The first kappa shape index (κ1) is 13.0. The molecule has 2 rings (SSSR count). The van der Waals surface area contributed by atoms with Gasteiger partial charge in [-0.3, -0.25) is 0 Å². The van der Waals surface area contributed by atoms with Crippen LogP contribution in [-0.2, 0) is 16.6 Å². The lowest BCUT2D eigenvalue weighted by atomic mass is 10.2. The molecule has 1 aromatic carbocycles. The van der Waals surface area contributed by atoms with E-state index >= 15 is 0 Å². The minimum absolute atomic E-state index is 0.0843. The van der Waals surface area contributed by atoms with Crippen LogP contribution in [0.3, 0.4) is 0 Å². The minimum atomic E-state index is -3.42. The first-order valence-electron chi connectivity index (χ1n) is 5.45. The number of rotatable bonds is 4. The maximum absolute atomic E-state index is 12.1. The third-order valence-electron chi connectivity index (χ3n) is 2.94. The zero-order valence-corrected chi connectivity index (χ0v) is 11.9. The minimum Gasteiger partial charge on any atom is -0.326 e. The maximum Gasteiger partial charge on any atom is 0.241 e. The summed E-state index contributed by atoms with van der Waals surface area (Å²) in [5.74, 6) is 0.437. The van der Waals surface area contributed by atoms with Crippen molar-refractivity contribution in [2.24, 2.45) is 11.7 Å². The SMILES string of the molecule is CC1CC1NS(=O)(=O)c1ccc(CN)cc1Br. The van der Waals surface area contributed by atoms with Gasteiger partial charge in [0.15, 0.2) is 0 Å². The van der Waals surface area contributed by atoms with E-state index in [0.29, 0.717) is 16.9 Å². The van der Waals surface area contributed by atoms with Gasteiger partial charge in [0, 0.05) is 17.1 Å². The van der Waals surface area contributed by atoms with Gasteiger partial charge in [-0.2, -0.15) is 0 Å². The number of hydrogen-bond donors (Lipinski definition) is 2. The molecule has 6 heteroatoms. The highest BCUT2D eigenvalue weighted by Crippen LogP contribution is 2.32. The van der Waals surface area contributed by atoms with Crippen LogP contribution in [0.15, 0.2) is 27.6 Å². The maximum atomic E-state index is 12.1. The molecule has 0 spiro atoms. The summed E-state index contributed by atoms with van der Waals surface area (Å²) in [5, 5.41) is 0. The van der Waals surface area contributed by atoms with Crippen LogP contribution in [-0.4, -0.2) is 14.5 Å². The highest BCUT2D eigenvalue weighted by Gasteiger charge is 2.36. The van der Waals surface area contributed by atoms with E-state index in [1.54, 1.807) is 18.2 Å². The average molecular weight is 319 g/mol. The summed E-state index contributed by atoms with van der Waals surface area (Å²) in [7, 11) is -3.42. The largest absolute Gasteiger partial charge is 0.326 e. The van der Waals surface area contributed by atoms with Crippen LogP contribution < -0.4 is 10.5 Å². The lowest BCUT2D eigenvalue weighted by Gasteiger charge is -2.09. The van der Waals surface area contributed by atoms with Gasteiger partial charge < -0.3 is 5.73 Å². The molecule has 3 N–H and O–H groups in total. The molecule has 1 aliphatic carbocycles. The molecule has 2 unspecified atom stereocenters. The molecule has 4 nitrogen and oxygen atoms in total. The lowest BCUT2D eigenvalue weighted by Crippen LogP contribution is -2.27. The van der Waals surface area contributed by atoms with Crippen molar-refractivity contribution in [1.82, 2.24) is 4.72 Å². The molecule has 0 aromatic heterocycles. The standard InChI is InChI=1S/C11H15BrN2O2S/c1-7-4-10(7)14-17(15,16)11-3-2-8(6-13)5-9(11)12/h2-3,5,7,10,14H,4,6,13H2,1H3. The Balaban J connectivity index is 2.26. The van der Waals surface area contributed by atoms with E-state index in [9.17, 15) is 8.42 Å². The summed E-state index contributed by atoms with van der Waals surface area (Å²) in [6.45, 7) is 2.42. The van der Waals surface area contributed by atoms with E-state index in [-0.39, 0.29) is 10.9 Å². The molecule has 0 aliphatic heterocycles. The van der Waals surface area contributed by atoms with E-state index in [0.717, 1.165) is 12.0 Å². The van der Waals surface area contributed by atoms with Gasteiger partial charge in [0.05, 0.1) is 4.90 Å². The normalized spacial score (nSPS) is 23.7. The molecule has 1 saturated carbocycles. The molecule has 1 aliphatic rings. The van der Waals surface area contributed by atoms with Gasteiger partial charge in [-0.25, -0.2) is 13.1 Å². The molecule has 1 aromatic rings. The van der Waals surface area contributed by atoms with Gasteiger partial charge in [0.1, 0.15) is 0 Å². The monoisotopic (exact) mass is 318 g/mol. The third-order valence-corrected chi connectivity index (χ3v) is 5.40. The molecule has 0 saturated heterocycles. The summed E-state index contributed by atoms with van der Waals surface area (Å²) in [5.41, 5.74) is 6.40. The van der Waals surface area contributed by atoms with E-state index < -0.39 is 10.0 Å². The van der Waals surface area contributed by atoms with Crippen molar-refractivity contribution in [2.75, 3.05) is 0 Å². The Morgan fingerprint density at radius 3 is 2.65 bits per heavy atom. The Labute approximate surface area is 110 Å². The molecule has 0 radical (unpaired) electrons. The van der Waals surface area contributed by atoms with Crippen molar-refractivity contribution >= 4 is 26.0 Å². The third kappa shape index (κ3) is 2.88. The van der Waals surface area contributed by atoms with Crippen molar-refractivity contribution in [1.29, 1.82) is 0 Å². The van der Waals surface area contributed by atoms with E-state index in [1.807, 2.05) is 6.92 Å². The zero-order chi connectivity index (χ0) is 12.6. The zero-order valence-electron chi connectivity index (χ0n) is 9.48. The molecule has 1 fully saturated rings. The van der Waals surface area contributed by atoms with Crippen molar-refractivity contribution in [3.8, 4) is 0 Å². The van der Waals surface area contributed by atoms with Crippen LogP contribution in [0.25, 0.3) is 0 Å². The number of nitrogens with one attached hydrogen (secondary N) is 1. The van der Waals surface area contributed by atoms with Crippen molar-refractivity contribution in [3.05, 3.63) is 28.2 Å². The van der Waals surface area contributed by atoms with Gasteiger partial charge in [-0.15, -0.1) is 0 Å². The van der Waals surface area contributed by atoms with Crippen molar-refractivity contribution in [2.45, 2.75) is 30.8 Å².